The lowest BCUT2D eigenvalue weighted by molar-refractivity contribution is 0.158. The highest BCUT2D eigenvalue weighted by Gasteiger charge is 2.17. The third-order valence-electron chi connectivity index (χ3n) is 3.86. The van der Waals surface area contributed by atoms with Gasteiger partial charge < -0.3 is 9.67 Å². The fourth-order valence-corrected chi connectivity index (χ4v) is 3.26. The van der Waals surface area contributed by atoms with Gasteiger partial charge in [0.15, 0.2) is 5.82 Å². The van der Waals surface area contributed by atoms with E-state index in [4.69, 9.17) is 4.98 Å². The van der Waals surface area contributed by atoms with Gasteiger partial charge in [-0.2, -0.15) is 0 Å². The Balaban J connectivity index is 1.80. The number of benzene rings is 2. The first-order valence-corrected chi connectivity index (χ1v) is 8.34. The zero-order chi connectivity index (χ0) is 15.6. The van der Waals surface area contributed by atoms with Gasteiger partial charge in [0, 0.05) is 5.38 Å². The van der Waals surface area contributed by atoms with Crippen LogP contribution in [0, 0.1) is 0 Å². The minimum absolute atomic E-state index is 0.442. The minimum Gasteiger partial charge on any atom is -0.387 e. The van der Waals surface area contributed by atoms with Crippen molar-refractivity contribution in [3.05, 3.63) is 71.1 Å². The van der Waals surface area contributed by atoms with Crippen LogP contribution >= 0.6 is 11.3 Å². The number of imidazole rings is 1. The van der Waals surface area contributed by atoms with E-state index in [1.165, 1.54) is 0 Å². The molecule has 0 spiro atoms. The van der Waals surface area contributed by atoms with Crippen LogP contribution < -0.4 is 0 Å². The molecule has 0 fully saturated rings. The smallest absolute Gasteiger partial charge is 0.160 e. The summed E-state index contributed by atoms with van der Waals surface area (Å²) in [5.41, 5.74) is 5.45. The Morgan fingerprint density at radius 1 is 1.04 bits per heavy atom. The number of aliphatic hydroxyl groups excluding tert-OH is 1. The Hall–Kier alpha value is -2.50. The highest BCUT2D eigenvalue weighted by molar-refractivity contribution is 7.07. The van der Waals surface area contributed by atoms with Crippen molar-refractivity contribution in [1.82, 2.24) is 14.5 Å². The van der Waals surface area contributed by atoms with Gasteiger partial charge in [-0.15, -0.1) is 11.3 Å². The molecule has 0 unspecified atom stereocenters. The van der Waals surface area contributed by atoms with Gasteiger partial charge in [-0.25, -0.2) is 9.97 Å². The van der Waals surface area contributed by atoms with E-state index >= 15 is 0 Å². The molecule has 5 heteroatoms. The van der Waals surface area contributed by atoms with Crippen LogP contribution in [0.3, 0.4) is 0 Å². The van der Waals surface area contributed by atoms with Gasteiger partial charge in [0.05, 0.1) is 29.2 Å². The van der Waals surface area contributed by atoms with E-state index in [1.807, 2.05) is 64.5 Å². The molecule has 4 nitrogen and oxygen atoms in total. The molecule has 1 atom stereocenters. The van der Waals surface area contributed by atoms with Gasteiger partial charge in [0.25, 0.3) is 0 Å². The van der Waals surface area contributed by atoms with Crippen LogP contribution in [0.15, 0.2) is 65.5 Å². The molecule has 2 aromatic heterocycles. The van der Waals surface area contributed by atoms with E-state index in [0.717, 1.165) is 28.1 Å². The zero-order valence-electron chi connectivity index (χ0n) is 12.3. The summed E-state index contributed by atoms with van der Waals surface area (Å²) in [7, 11) is 0. The third kappa shape index (κ3) is 2.65. The zero-order valence-corrected chi connectivity index (χ0v) is 13.1. The summed E-state index contributed by atoms with van der Waals surface area (Å²) >= 11 is 1.54. The molecular weight excluding hydrogens is 306 g/mol. The highest BCUT2D eigenvalue weighted by Crippen LogP contribution is 2.27. The lowest BCUT2D eigenvalue weighted by atomic mass is 10.1. The maximum Gasteiger partial charge on any atom is 0.160 e. The molecule has 2 heterocycles. The average Bonchev–Trinajstić information content (AvgIpc) is 3.24. The van der Waals surface area contributed by atoms with Crippen molar-refractivity contribution in [3.8, 4) is 11.5 Å². The normalized spacial score (nSPS) is 12.6. The first-order valence-electron chi connectivity index (χ1n) is 7.40. The molecule has 4 rings (SSSR count). The largest absolute Gasteiger partial charge is 0.387 e. The second kappa shape index (κ2) is 5.95. The van der Waals surface area contributed by atoms with Crippen molar-refractivity contribution in [2.45, 2.75) is 12.6 Å². The fraction of sp³-hybridized carbons (Fsp3) is 0.111. The van der Waals surface area contributed by atoms with Gasteiger partial charge in [0.1, 0.15) is 5.69 Å². The number of fused-ring (bicyclic) bond motifs is 1. The topological polar surface area (TPSA) is 50.9 Å². The summed E-state index contributed by atoms with van der Waals surface area (Å²) in [5.74, 6) is 0.794. The molecule has 1 N–H and O–H groups in total. The molecule has 2 aromatic carbocycles. The van der Waals surface area contributed by atoms with Crippen LogP contribution in [0.25, 0.3) is 22.6 Å². The fourth-order valence-electron chi connectivity index (χ4n) is 2.73. The number of thiazole rings is 1. The van der Waals surface area contributed by atoms with E-state index in [-0.39, 0.29) is 0 Å². The van der Waals surface area contributed by atoms with Crippen molar-refractivity contribution >= 4 is 22.4 Å². The molecule has 0 aliphatic carbocycles. The SMILES string of the molecule is O[C@@H](Cn1c(-c2cscn2)nc2ccccc21)c1ccccc1. The van der Waals surface area contributed by atoms with E-state index < -0.39 is 6.10 Å². The van der Waals surface area contributed by atoms with Crippen LogP contribution in [0.1, 0.15) is 11.7 Å². The number of para-hydroxylation sites is 2. The minimum atomic E-state index is -0.591. The molecule has 0 saturated carbocycles. The first-order chi connectivity index (χ1) is 11.3. The summed E-state index contributed by atoms with van der Waals surface area (Å²) < 4.78 is 2.04. The van der Waals surface area contributed by atoms with Gasteiger partial charge in [0.2, 0.25) is 0 Å². The summed E-state index contributed by atoms with van der Waals surface area (Å²) in [6.45, 7) is 0.442. The van der Waals surface area contributed by atoms with Gasteiger partial charge in [-0.05, 0) is 17.7 Å². The maximum atomic E-state index is 10.6. The standard InChI is InChI=1S/C18H15N3OS/c22-17(13-6-2-1-3-7-13)10-21-16-9-5-4-8-14(16)20-18(21)15-11-23-12-19-15/h1-9,11-12,17,22H,10H2/t17-/m0/s1. The molecule has 4 aromatic rings. The Morgan fingerprint density at radius 3 is 2.61 bits per heavy atom. The molecule has 0 radical (unpaired) electrons. The van der Waals surface area contributed by atoms with Gasteiger partial charge >= 0.3 is 0 Å². The molecule has 0 saturated heterocycles. The predicted molar refractivity (Wildman–Crippen MR) is 92.2 cm³/mol. The summed E-state index contributed by atoms with van der Waals surface area (Å²) in [6.07, 6.45) is -0.591. The molecule has 0 aliphatic heterocycles. The van der Waals surface area contributed by atoms with Crippen LogP contribution in [-0.4, -0.2) is 19.6 Å². The molecule has 0 amide bonds. The van der Waals surface area contributed by atoms with Crippen molar-refractivity contribution in [1.29, 1.82) is 0 Å². The maximum absolute atomic E-state index is 10.6. The quantitative estimate of drug-likeness (QED) is 0.620. The molecule has 0 bridgehead atoms. The number of nitrogens with zero attached hydrogens (tertiary/aromatic N) is 3. The Labute approximate surface area is 137 Å². The molecular formula is C18H15N3OS. The molecule has 0 aliphatic rings. The summed E-state index contributed by atoms with van der Waals surface area (Å²) in [5, 5.41) is 12.6. The number of hydrogen-bond donors (Lipinski definition) is 1. The van der Waals surface area contributed by atoms with Gasteiger partial charge in [-0.3, -0.25) is 0 Å². The Bertz CT molecular complexity index is 916. The first kappa shape index (κ1) is 14.1. The van der Waals surface area contributed by atoms with Crippen molar-refractivity contribution in [2.24, 2.45) is 0 Å². The summed E-state index contributed by atoms with van der Waals surface area (Å²) in [6, 6.07) is 17.7. The Kier molecular flexibility index (Phi) is 3.65. The van der Waals surface area contributed by atoms with Crippen molar-refractivity contribution < 1.29 is 5.11 Å². The van der Waals surface area contributed by atoms with Crippen LogP contribution in [0.4, 0.5) is 0 Å². The highest BCUT2D eigenvalue weighted by atomic mass is 32.1. The van der Waals surface area contributed by atoms with E-state index in [9.17, 15) is 5.11 Å². The second-order valence-electron chi connectivity index (χ2n) is 5.33. The van der Waals surface area contributed by atoms with E-state index in [1.54, 1.807) is 16.8 Å². The third-order valence-corrected chi connectivity index (χ3v) is 4.44. The lowest BCUT2D eigenvalue weighted by Crippen LogP contribution is -2.10. The van der Waals surface area contributed by atoms with E-state index in [2.05, 4.69) is 4.98 Å². The monoisotopic (exact) mass is 321 g/mol. The second-order valence-corrected chi connectivity index (χ2v) is 6.05. The number of hydrogen-bond acceptors (Lipinski definition) is 4. The number of aromatic nitrogens is 3. The van der Waals surface area contributed by atoms with Crippen LogP contribution in [-0.2, 0) is 6.54 Å². The van der Waals surface area contributed by atoms with Crippen LogP contribution in [0.2, 0.25) is 0 Å². The molecule has 23 heavy (non-hydrogen) atoms. The van der Waals surface area contributed by atoms with Crippen molar-refractivity contribution in [3.63, 3.8) is 0 Å². The summed E-state index contributed by atoms with van der Waals surface area (Å²) in [4.78, 5) is 9.07. The molecule has 114 valence electrons. The van der Waals surface area contributed by atoms with E-state index in [0.29, 0.717) is 6.54 Å². The lowest BCUT2D eigenvalue weighted by Gasteiger charge is -2.14. The number of aliphatic hydroxyl groups is 1. The Morgan fingerprint density at radius 2 is 1.83 bits per heavy atom. The van der Waals surface area contributed by atoms with Crippen molar-refractivity contribution in [2.75, 3.05) is 0 Å². The predicted octanol–water partition coefficient (Wildman–Crippen LogP) is 3.89. The average molecular weight is 321 g/mol. The van der Waals surface area contributed by atoms with Gasteiger partial charge in [-0.1, -0.05) is 42.5 Å². The van der Waals surface area contributed by atoms with Crippen LogP contribution in [0.5, 0.6) is 0 Å². The number of rotatable bonds is 4.